The SMILES string of the molecule is CC(=O)c1c(C)cc(C)c(CN(CC(=O)O)C(C)C)c1C. The second kappa shape index (κ2) is 6.85. The fourth-order valence-electron chi connectivity index (χ4n) is 2.81. The van der Waals surface area contributed by atoms with Crippen LogP contribution in [0.5, 0.6) is 0 Å². The normalized spacial score (nSPS) is 11.2. The number of hydrogen-bond acceptors (Lipinski definition) is 3. The van der Waals surface area contributed by atoms with Crippen molar-refractivity contribution in [1.82, 2.24) is 4.90 Å². The highest BCUT2D eigenvalue weighted by Crippen LogP contribution is 2.24. The van der Waals surface area contributed by atoms with Crippen molar-refractivity contribution in [3.63, 3.8) is 0 Å². The molecule has 0 atom stereocenters. The smallest absolute Gasteiger partial charge is 0.317 e. The summed E-state index contributed by atoms with van der Waals surface area (Å²) in [6.45, 7) is 12.0. The molecule has 0 saturated carbocycles. The van der Waals surface area contributed by atoms with Crippen LogP contribution in [0, 0.1) is 20.8 Å². The van der Waals surface area contributed by atoms with Crippen LogP contribution in [0.15, 0.2) is 6.07 Å². The van der Waals surface area contributed by atoms with Gasteiger partial charge in [-0.25, -0.2) is 0 Å². The van der Waals surface area contributed by atoms with E-state index in [1.54, 1.807) is 6.92 Å². The third kappa shape index (κ3) is 4.14. The predicted molar refractivity (Wildman–Crippen MR) is 83.8 cm³/mol. The highest BCUT2D eigenvalue weighted by molar-refractivity contribution is 5.97. The number of ketones is 1. The van der Waals surface area contributed by atoms with E-state index in [2.05, 4.69) is 0 Å². The van der Waals surface area contributed by atoms with Gasteiger partial charge in [0.05, 0.1) is 6.54 Å². The quantitative estimate of drug-likeness (QED) is 0.818. The molecule has 0 radical (unpaired) electrons. The Labute approximate surface area is 126 Å². The first-order valence-electron chi connectivity index (χ1n) is 7.21. The summed E-state index contributed by atoms with van der Waals surface area (Å²) in [7, 11) is 0. The van der Waals surface area contributed by atoms with E-state index in [0.717, 1.165) is 27.8 Å². The number of carboxylic acids is 1. The van der Waals surface area contributed by atoms with Crippen molar-refractivity contribution in [2.45, 2.75) is 54.1 Å². The Balaban J connectivity index is 3.26. The molecule has 1 N–H and O–H groups in total. The van der Waals surface area contributed by atoms with Crippen LogP contribution in [-0.2, 0) is 11.3 Å². The molecule has 1 aromatic rings. The maximum absolute atomic E-state index is 11.8. The number of carbonyl (C=O) groups excluding carboxylic acids is 1. The molecule has 4 heteroatoms. The van der Waals surface area contributed by atoms with Gasteiger partial charge in [-0.15, -0.1) is 0 Å². The third-order valence-electron chi connectivity index (χ3n) is 3.91. The molecule has 0 spiro atoms. The number of hydrogen-bond donors (Lipinski definition) is 1. The maximum atomic E-state index is 11.8. The van der Waals surface area contributed by atoms with Crippen LogP contribution in [0.3, 0.4) is 0 Å². The van der Waals surface area contributed by atoms with Gasteiger partial charge < -0.3 is 5.11 Å². The van der Waals surface area contributed by atoms with Crippen molar-refractivity contribution in [2.75, 3.05) is 6.54 Å². The van der Waals surface area contributed by atoms with Crippen LogP contribution in [0.1, 0.15) is 53.4 Å². The second-order valence-corrected chi connectivity index (χ2v) is 5.94. The first kappa shape index (κ1) is 17.4. The minimum Gasteiger partial charge on any atom is -0.480 e. The van der Waals surface area contributed by atoms with Gasteiger partial charge in [0, 0.05) is 18.2 Å². The highest BCUT2D eigenvalue weighted by Gasteiger charge is 2.19. The lowest BCUT2D eigenvalue weighted by Gasteiger charge is -2.27. The Morgan fingerprint density at radius 2 is 1.76 bits per heavy atom. The van der Waals surface area contributed by atoms with Gasteiger partial charge in [-0.3, -0.25) is 14.5 Å². The molecule has 0 saturated heterocycles. The standard InChI is InChI=1S/C17H25NO3/c1-10(2)18(9-16(20)21)8-15-11(3)7-12(4)17(13(15)5)14(6)19/h7,10H,8-9H2,1-6H3,(H,20,21). The Morgan fingerprint density at radius 1 is 1.19 bits per heavy atom. The maximum Gasteiger partial charge on any atom is 0.317 e. The molecule has 0 aromatic heterocycles. The summed E-state index contributed by atoms with van der Waals surface area (Å²) in [5.41, 5.74) is 4.87. The van der Waals surface area contributed by atoms with Gasteiger partial charge in [0.15, 0.2) is 5.78 Å². The predicted octanol–water partition coefficient (Wildman–Crippen LogP) is 3.11. The van der Waals surface area contributed by atoms with Crippen LogP contribution in [0.2, 0.25) is 0 Å². The Kier molecular flexibility index (Phi) is 5.67. The molecule has 0 bridgehead atoms. The van der Waals surface area contributed by atoms with E-state index in [4.69, 9.17) is 5.11 Å². The Hall–Kier alpha value is -1.68. The zero-order valence-corrected chi connectivity index (χ0v) is 13.8. The lowest BCUT2D eigenvalue weighted by molar-refractivity contribution is -0.138. The van der Waals surface area contributed by atoms with E-state index in [-0.39, 0.29) is 18.4 Å². The summed E-state index contributed by atoms with van der Waals surface area (Å²) < 4.78 is 0. The number of aryl methyl sites for hydroxylation is 2. The van der Waals surface area contributed by atoms with Gasteiger partial charge in [0.25, 0.3) is 0 Å². The number of nitrogens with zero attached hydrogens (tertiary/aromatic N) is 1. The van der Waals surface area contributed by atoms with E-state index >= 15 is 0 Å². The Bertz CT molecular complexity index is 562. The van der Waals surface area contributed by atoms with Crippen molar-refractivity contribution in [1.29, 1.82) is 0 Å². The molecule has 21 heavy (non-hydrogen) atoms. The summed E-state index contributed by atoms with van der Waals surface area (Å²) >= 11 is 0. The largest absolute Gasteiger partial charge is 0.480 e. The van der Waals surface area contributed by atoms with Gasteiger partial charge in [-0.2, -0.15) is 0 Å². The fourth-order valence-corrected chi connectivity index (χ4v) is 2.81. The molecule has 0 heterocycles. The van der Waals surface area contributed by atoms with Crippen LogP contribution in [0.25, 0.3) is 0 Å². The van der Waals surface area contributed by atoms with Crippen LogP contribution < -0.4 is 0 Å². The zero-order valence-electron chi connectivity index (χ0n) is 13.8. The number of rotatable bonds is 6. The molecule has 1 rings (SSSR count). The molecule has 0 amide bonds. The topological polar surface area (TPSA) is 57.6 Å². The average Bonchev–Trinajstić information content (AvgIpc) is 2.31. The van der Waals surface area contributed by atoms with Crippen molar-refractivity contribution >= 4 is 11.8 Å². The van der Waals surface area contributed by atoms with E-state index in [0.29, 0.717) is 6.54 Å². The lowest BCUT2D eigenvalue weighted by atomic mass is 9.91. The van der Waals surface area contributed by atoms with Gasteiger partial charge >= 0.3 is 5.97 Å². The van der Waals surface area contributed by atoms with Crippen LogP contribution >= 0.6 is 0 Å². The molecular formula is C17H25NO3. The summed E-state index contributed by atoms with van der Waals surface area (Å²) in [6, 6.07) is 2.14. The summed E-state index contributed by atoms with van der Waals surface area (Å²) in [6.07, 6.45) is 0. The molecular weight excluding hydrogens is 266 g/mol. The molecule has 0 fully saturated rings. The minimum absolute atomic E-state index is 0.000171. The van der Waals surface area contributed by atoms with E-state index < -0.39 is 5.97 Å². The zero-order chi connectivity index (χ0) is 16.3. The third-order valence-corrected chi connectivity index (χ3v) is 3.91. The van der Waals surface area contributed by atoms with Gasteiger partial charge in [-0.1, -0.05) is 6.07 Å². The molecule has 1 aromatic carbocycles. The lowest BCUT2D eigenvalue weighted by Crippen LogP contribution is -2.35. The number of Topliss-reactive ketones (excluding diaryl/α,β-unsaturated/α-hetero) is 1. The molecule has 0 unspecified atom stereocenters. The number of aliphatic carboxylic acids is 1. The van der Waals surface area contributed by atoms with E-state index in [1.807, 2.05) is 45.6 Å². The highest BCUT2D eigenvalue weighted by atomic mass is 16.4. The second-order valence-electron chi connectivity index (χ2n) is 5.94. The van der Waals surface area contributed by atoms with Gasteiger partial charge in [-0.05, 0) is 63.8 Å². The number of carbonyl (C=O) groups is 2. The molecule has 0 aliphatic carbocycles. The first-order chi connectivity index (χ1) is 9.65. The van der Waals surface area contributed by atoms with E-state index in [1.165, 1.54) is 0 Å². The van der Waals surface area contributed by atoms with Crippen molar-refractivity contribution in [2.24, 2.45) is 0 Å². The Morgan fingerprint density at radius 3 is 2.19 bits per heavy atom. The number of carboxylic acid groups (broad SMARTS) is 1. The molecule has 0 aliphatic rings. The first-order valence-corrected chi connectivity index (χ1v) is 7.21. The molecule has 4 nitrogen and oxygen atoms in total. The summed E-state index contributed by atoms with van der Waals surface area (Å²) in [4.78, 5) is 24.7. The monoisotopic (exact) mass is 291 g/mol. The van der Waals surface area contributed by atoms with Crippen molar-refractivity contribution in [3.05, 3.63) is 33.9 Å². The van der Waals surface area contributed by atoms with Gasteiger partial charge in [0.2, 0.25) is 0 Å². The van der Waals surface area contributed by atoms with E-state index in [9.17, 15) is 9.59 Å². The van der Waals surface area contributed by atoms with Crippen LogP contribution in [0.4, 0.5) is 0 Å². The molecule has 116 valence electrons. The summed E-state index contributed by atoms with van der Waals surface area (Å²) in [5.74, 6) is -0.779. The van der Waals surface area contributed by atoms with Crippen molar-refractivity contribution in [3.8, 4) is 0 Å². The summed E-state index contributed by atoms with van der Waals surface area (Å²) in [5, 5.41) is 9.04. The van der Waals surface area contributed by atoms with Crippen LogP contribution in [-0.4, -0.2) is 34.3 Å². The number of benzene rings is 1. The minimum atomic E-state index is -0.835. The molecule has 0 aliphatic heterocycles. The fraction of sp³-hybridized carbons (Fsp3) is 0.529. The van der Waals surface area contributed by atoms with Crippen molar-refractivity contribution < 1.29 is 14.7 Å². The average molecular weight is 291 g/mol. The van der Waals surface area contributed by atoms with Gasteiger partial charge in [0.1, 0.15) is 0 Å².